The van der Waals surface area contributed by atoms with E-state index in [4.69, 9.17) is 4.42 Å². The summed E-state index contributed by atoms with van der Waals surface area (Å²) in [6.07, 6.45) is 1.46. The third-order valence-corrected chi connectivity index (χ3v) is 1.58. The first kappa shape index (κ1) is 9.77. The molecule has 1 aromatic rings. The Morgan fingerprint density at radius 2 is 2.46 bits per heavy atom. The van der Waals surface area contributed by atoms with E-state index in [2.05, 4.69) is 10.3 Å². The van der Waals surface area contributed by atoms with Crippen molar-refractivity contribution >= 4 is 5.91 Å². The average Bonchev–Trinajstić information content (AvgIpc) is 2.52. The van der Waals surface area contributed by atoms with E-state index in [1.54, 1.807) is 0 Å². The molecule has 0 fully saturated rings. The van der Waals surface area contributed by atoms with Crippen LogP contribution in [0.5, 0.6) is 0 Å². The molecule has 4 nitrogen and oxygen atoms in total. The fourth-order valence-electron chi connectivity index (χ4n) is 0.907. The normalized spacial score (nSPS) is 10.5. The van der Waals surface area contributed by atoms with Gasteiger partial charge in [-0.2, -0.15) is 0 Å². The van der Waals surface area contributed by atoms with Gasteiger partial charge in [0, 0.05) is 13.9 Å². The molecule has 1 aromatic heterocycles. The van der Waals surface area contributed by atoms with Crippen LogP contribution in [-0.2, 0) is 0 Å². The summed E-state index contributed by atoms with van der Waals surface area (Å²) in [5.41, 5.74) is 0. The van der Waals surface area contributed by atoms with Crippen molar-refractivity contribution in [3.05, 3.63) is 17.8 Å². The second kappa shape index (κ2) is 4.07. The summed E-state index contributed by atoms with van der Waals surface area (Å²) in [5, 5.41) is 2.64. The standard InChI is InChI=1S/C9H14N2O2.H2/c1-4-10-8(12)7-5-11-9(13-7)6(2)3;/h5-6H,4H2,1-3H3,(H,10,12);1H. The third-order valence-electron chi connectivity index (χ3n) is 1.58. The molecule has 1 heterocycles. The SMILES string of the molecule is CCNC(=O)c1cnc(C(C)C)o1.[HH]. The Morgan fingerprint density at radius 3 is 2.92 bits per heavy atom. The highest BCUT2D eigenvalue weighted by atomic mass is 16.4. The molecule has 0 atom stereocenters. The van der Waals surface area contributed by atoms with Gasteiger partial charge in [-0.15, -0.1) is 0 Å². The number of amides is 1. The summed E-state index contributed by atoms with van der Waals surface area (Å²) >= 11 is 0. The minimum absolute atomic E-state index is 0. The molecule has 0 radical (unpaired) electrons. The third kappa shape index (κ3) is 2.31. The molecule has 0 aliphatic rings. The highest BCUT2D eigenvalue weighted by Gasteiger charge is 2.12. The van der Waals surface area contributed by atoms with Gasteiger partial charge in [0.2, 0.25) is 5.76 Å². The van der Waals surface area contributed by atoms with Gasteiger partial charge in [0.05, 0.1) is 6.20 Å². The van der Waals surface area contributed by atoms with Crippen LogP contribution in [0.25, 0.3) is 0 Å². The smallest absolute Gasteiger partial charge is 0.288 e. The molecule has 0 spiro atoms. The van der Waals surface area contributed by atoms with Gasteiger partial charge in [0.15, 0.2) is 5.89 Å². The summed E-state index contributed by atoms with van der Waals surface area (Å²) in [7, 11) is 0. The number of nitrogens with zero attached hydrogens (tertiary/aromatic N) is 1. The van der Waals surface area contributed by atoms with Crippen LogP contribution >= 0.6 is 0 Å². The molecule has 0 aliphatic carbocycles. The Balaban J connectivity index is 0.00000169. The molecular formula is C9H16N2O2. The molecule has 0 aliphatic heterocycles. The van der Waals surface area contributed by atoms with Crippen molar-refractivity contribution in [3.8, 4) is 0 Å². The number of carbonyl (C=O) groups excluding carboxylic acids is 1. The van der Waals surface area contributed by atoms with Crippen LogP contribution in [0.1, 0.15) is 44.6 Å². The van der Waals surface area contributed by atoms with E-state index in [1.165, 1.54) is 6.20 Å². The van der Waals surface area contributed by atoms with Gasteiger partial charge >= 0.3 is 0 Å². The number of rotatable bonds is 3. The van der Waals surface area contributed by atoms with Crippen LogP contribution in [0.4, 0.5) is 0 Å². The minimum atomic E-state index is -0.207. The monoisotopic (exact) mass is 184 g/mol. The summed E-state index contributed by atoms with van der Waals surface area (Å²) in [6, 6.07) is 0. The van der Waals surface area contributed by atoms with Crippen molar-refractivity contribution in [2.75, 3.05) is 6.54 Å². The van der Waals surface area contributed by atoms with Crippen LogP contribution in [0.3, 0.4) is 0 Å². The van der Waals surface area contributed by atoms with E-state index in [9.17, 15) is 4.79 Å². The molecule has 1 amide bonds. The van der Waals surface area contributed by atoms with E-state index in [0.29, 0.717) is 12.4 Å². The molecule has 4 heteroatoms. The van der Waals surface area contributed by atoms with Crippen LogP contribution in [-0.4, -0.2) is 17.4 Å². The zero-order chi connectivity index (χ0) is 9.84. The Hall–Kier alpha value is -1.32. The first-order valence-electron chi connectivity index (χ1n) is 4.39. The first-order chi connectivity index (χ1) is 6.15. The molecule has 13 heavy (non-hydrogen) atoms. The minimum Gasteiger partial charge on any atom is -0.435 e. The number of carbonyl (C=O) groups is 1. The van der Waals surface area contributed by atoms with Gasteiger partial charge < -0.3 is 9.73 Å². The molecule has 0 bridgehead atoms. The summed E-state index contributed by atoms with van der Waals surface area (Å²) in [6.45, 7) is 6.38. The van der Waals surface area contributed by atoms with Crippen molar-refractivity contribution in [1.82, 2.24) is 10.3 Å². The number of aromatic nitrogens is 1. The fraction of sp³-hybridized carbons (Fsp3) is 0.556. The highest BCUT2D eigenvalue weighted by molar-refractivity contribution is 5.91. The van der Waals surface area contributed by atoms with E-state index in [1.807, 2.05) is 20.8 Å². The van der Waals surface area contributed by atoms with Crippen molar-refractivity contribution in [2.45, 2.75) is 26.7 Å². The van der Waals surface area contributed by atoms with Gasteiger partial charge in [-0.25, -0.2) is 4.98 Å². The number of hydrogen-bond acceptors (Lipinski definition) is 3. The molecule has 0 saturated carbocycles. The molecule has 0 unspecified atom stereocenters. The van der Waals surface area contributed by atoms with E-state index in [-0.39, 0.29) is 19.0 Å². The zero-order valence-electron chi connectivity index (χ0n) is 8.13. The Bertz CT molecular complexity index is 297. The van der Waals surface area contributed by atoms with Crippen molar-refractivity contribution in [3.63, 3.8) is 0 Å². The summed E-state index contributed by atoms with van der Waals surface area (Å²) in [4.78, 5) is 15.2. The maximum absolute atomic E-state index is 11.2. The lowest BCUT2D eigenvalue weighted by atomic mass is 10.2. The predicted molar refractivity (Wildman–Crippen MR) is 50.7 cm³/mol. The average molecular weight is 184 g/mol. The van der Waals surface area contributed by atoms with Crippen molar-refractivity contribution in [1.29, 1.82) is 0 Å². The van der Waals surface area contributed by atoms with Crippen LogP contribution in [0.15, 0.2) is 10.6 Å². The summed E-state index contributed by atoms with van der Waals surface area (Å²) in [5.74, 6) is 0.886. The maximum atomic E-state index is 11.2. The van der Waals surface area contributed by atoms with Crippen LogP contribution in [0.2, 0.25) is 0 Å². The predicted octanol–water partition coefficient (Wildman–Crippen LogP) is 1.79. The fourth-order valence-corrected chi connectivity index (χ4v) is 0.907. The zero-order valence-corrected chi connectivity index (χ0v) is 8.13. The second-order valence-corrected chi connectivity index (χ2v) is 3.08. The van der Waals surface area contributed by atoms with Crippen molar-refractivity contribution < 1.29 is 10.6 Å². The van der Waals surface area contributed by atoms with Gasteiger partial charge in [0.25, 0.3) is 5.91 Å². The summed E-state index contributed by atoms with van der Waals surface area (Å²) < 4.78 is 5.24. The van der Waals surface area contributed by atoms with E-state index >= 15 is 0 Å². The maximum Gasteiger partial charge on any atom is 0.288 e. The Morgan fingerprint density at radius 1 is 1.77 bits per heavy atom. The lowest BCUT2D eigenvalue weighted by Crippen LogP contribution is -2.21. The van der Waals surface area contributed by atoms with Gasteiger partial charge in [-0.3, -0.25) is 4.79 Å². The quantitative estimate of drug-likeness (QED) is 0.779. The highest BCUT2D eigenvalue weighted by Crippen LogP contribution is 2.13. The molecule has 0 aromatic carbocycles. The lowest BCUT2D eigenvalue weighted by Gasteiger charge is -1.97. The number of hydrogen-bond donors (Lipinski definition) is 1. The van der Waals surface area contributed by atoms with E-state index < -0.39 is 0 Å². The Kier molecular flexibility index (Phi) is 3.06. The first-order valence-corrected chi connectivity index (χ1v) is 4.39. The topological polar surface area (TPSA) is 55.1 Å². The van der Waals surface area contributed by atoms with E-state index in [0.717, 1.165) is 0 Å². The van der Waals surface area contributed by atoms with Crippen molar-refractivity contribution in [2.24, 2.45) is 0 Å². The lowest BCUT2D eigenvalue weighted by molar-refractivity contribution is 0.0926. The molecule has 74 valence electrons. The van der Waals surface area contributed by atoms with Gasteiger partial charge in [0.1, 0.15) is 0 Å². The molecule has 1 rings (SSSR count). The second-order valence-electron chi connectivity index (χ2n) is 3.08. The number of oxazole rings is 1. The number of nitrogens with one attached hydrogen (secondary N) is 1. The van der Waals surface area contributed by atoms with Crippen LogP contribution < -0.4 is 5.32 Å². The largest absolute Gasteiger partial charge is 0.435 e. The van der Waals surface area contributed by atoms with Crippen LogP contribution in [0, 0.1) is 0 Å². The van der Waals surface area contributed by atoms with Gasteiger partial charge in [-0.05, 0) is 6.92 Å². The Labute approximate surface area is 78.8 Å². The molecule has 0 saturated heterocycles. The molecular weight excluding hydrogens is 168 g/mol. The van der Waals surface area contributed by atoms with Gasteiger partial charge in [-0.1, -0.05) is 13.8 Å². The molecule has 1 N–H and O–H groups in total.